The van der Waals surface area contributed by atoms with Crippen molar-refractivity contribution in [3.8, 4) is 5.75 Å². The minimum absolute atomic E-state index is 0.200. The zero-order valence-corrected chi connectivity index (χ0v) is 22.6. The van der Waals surface area contributed by atoms with Gasteiger partial charge in [0.25, 0.3) is 0 Å². The largest absolute Gasteiger partial charge is 0.492 e. The lowest BCUT2D eigenvalue weighted by Crippen LogP contribution is -2.49. The fourth-order valence-electron chi connectivity index (χ4n) is 5.14. The summed E-state index contributed by atoms with van der Waals surface area (Å²) in [7, 11) is -0.433. The summed E-state index contributed by atoms with van der Waals surface area (Å²) in [6.45, 7) is 13.4. The number of allylic oxidation sites excluding steroid dienone is 1. The van der Waals surface area contributed by atoms with Crippen LogP contribution in [0.25, 0.3) is 16.5 Å². The molecule has 1 aromatic heterocycles. The number of H-pyrrole nitrogens is 1. The number of nitrogens with zero attached hydrogens (tertiary/aromatic N) is 1. The van der Waals surface area contributed by atoms with E-state index in [1.807, 2.05) is 18.2 Å². The van der Waals surface area contributed by atoms with Crippen LogP contribution in [0.3, 0.4) is 0 Å². The monoisotopic (exact) mass is 504 g/mol. The van der Waals surface area contributed by atoms with Crippen LogP contribution in [0.4, 0.5) is 4.39 Å². The number of ether oxygens (including phenoxy) is 1. The van der Waals surface area contributed by atoms with E-state index in [9.17, 15) is 4.39 Å². The molecule has 0 atom stereocenters. The van der Waals surface area contributed by atoms with Gasteiger partial charge in [0.05, 0.1) is 17.9 Å². The molecule has 0 aliphatic carbocycles. The lowest BCUT2D eigenvalue weighted by atomic mass is 9.71. The first kappa shape index (κ1) is 26.0. The van der Waals surface area contributed by atoms with Gasteiger partial charge < -0.3 is 19.0 Å². The first-order valence-corrected chi connectivity index (χ1v) is 13.4. The third kappa shape index (κ3) is 5.22. The number of alkyl halides is 1. The van der Waals surface area contributed by atoms with Crippen molar-refractivity contribution in [2.75, 3.05) is 32.9 Å². The quantitative estimate of drug-likeness (QED) is 0.348. The highest BCUT2D eigenvalue weighted by Gasteiger charge is 2.52. The van der Waals surface area contributed by atoms with E-state index in [0.29, 0.717) is 6.61 Å². The SMILES string of the molecule is CC/C(B1OC(C)(C)C(C)(C)O1)=C(/c1ccc(OCCN2CC(CF)C2)cc1)c1cc2ccccc2[nH]1. The fourth-order valence-corrected chi connectivity index (χ4v) is 5.14. The molecule has 0 saturated carbocycles. The zero-order chi connectivity index (χ0) is 26.2. The Morgan fingerprint density at radius 2 is 1.73 bits per heavy atom. The maximum Gasteiger partial charge on any atom is 0.491 e. The summed E-state index contributed by atoms with van der Waals surface area (Å²) < 4.78 is 31.7. The highest BCUT2D eigenvalue weighted by Crippen LogP contribution is 2.42. The molecule has 5 rings (SSSR count). The van der Waals surface area contributed by atoms with E-state index in [2.05, 4.69) is 80.9 Å². The number of hydrogen-bond donors (Lipinski definition) is 1. The van der Waals surface area contributed by atoms with Crippen molar-refractivity contribution in [3.63, 3.8) is 0 Å². The molecule has 0 radical (unpaired) electrons. The normalized spacial score (nSPS) is 20.2. The average Bonchev–Trinajstić information content (AvgIpc) is 3.36. The van der Waals surface area contributed by atoms with E-state index >= 15 is 0 Å². The Morgan fingerprint density at radius 1 is 1.05 bits per heavy atom. The van der Waals surface area contributed by atoms with Gasteiger partial charge in [-0.2, -0.15) is 0 Å². The molecule has 2 aliphatic rings. The third-order valence-corrected chi connectivity index (χ3v) is 8.11. The predicted octanol–water partition coefficient (Wildman–Crippen LogP) is 6.29. The van der Waals surface area contributed by atoms with Gasteiger partial charge in [-0.25, -0.2) is 0 Å². The van der Waals surface area contributed by atoms with E-state index < -0.39 is 18.3 Å². The van der Waals surface area contributed by atoms with Crippen LogP contribution in [0, 0.1) is 5.92 Å². The molecule has 2 saturated heterocycles. The summed E-state index contributed by atoms with van der Waals surface area (Å²) in [6, 6.07) is 18.8. The number of aromatic amines is 1. The van der Waals surface area contributed by atoms with Gasteiger partial charge >= 0.3 is 7.12 Å². The van der Waals surface area contributed by atoms with Gasteiger partial charge in [0.15, 0.2) is 0 Å². The van der Waals surface area contributed by atoms with Gasteiger partial charge in [0, 0.05) is 47.7 Å². The van der Waals surface area contributed by atoms with Gasteiger partial charge in [0.2, 0.25) is 0 Å². The second kappa shape index (κ2) is 10.3. The van der Waals surface area contributed by atoms with Gasteiger partial charge in [0.1, 0.15) is 12.4 Å². The van der Waals surface area contributed by atoms with Crippen LogP contribution in [-0.4, -0.2) is 61.1 Å². The molecule has 0 bridgehead atoms. The third-order valence-electron chi connectivity index (χ3n) is 8.11. The zero-order valence-electron chi connectivity index (χ0n) is 22.6. The van der Waals surface area contributed by atoms with Gasteiger partial charge in [-0.1, -0.05) is 37.3 Å². The molecule has 0 amide bonds. The molecular weight excluding hydrogens is 466 g/mol. The first-order chi connectivity index (χ1) is 17.7. The molecule has 0 unspecified atom stereocenters. The summed E-state index contributed by atoms with van der Waals surface area (Å²) >= 11 is 0. The predicted molar refractivity (Wildman–Crippen MR) is 149 cm³/mol. The Morgan fingerprint density at radius 3 is 2.35 bits per heavy atom. The van der Waals surface area contributed by atoms with Crippen molar-refractivity contribution in [2.45, 2.75) is 52.2 Å². The highest BCUT2D eigenvalue weighted by molar-refractivity contribution is 6.56. The second-order valence-corrected chi connectivity index (χ2v) is 11.3. The Labute approximate surface area is 220 Å². The Kier molecular flexibility index (Phi) is 7.23. The van der Waals surface area contributed by atoms with E-state index in [1.54, 1.807) is 0 Å². The number of rotatable bonds is 9. The lowest BCUT2D eigenvalue weighted by molar-refractivity contribution is 0.00578. The van der Waals surface area contributed by atoms with Crippen molar-refractivity contribution in [3.05, 3.63) is 71.3 Å². The molecule has 2 aliphatic heterocycles. The second-order valence-electron chi connectivity index (χ2n) is 11.3. The van der Waals surface area contributed by atoms with Crippen molar-refractivity contribution in [1.29, 1.82) is 0 Å². The summed E-state index contributed by atoms with van der Waals surface area (Å²) in [5.74, 6) is 1.03. The van der Waals surface area contributed by atoms with Crippen LogP contribution < -0.4 is 4.74 Å². The molecule has 3 aromatic rings. The number of likely N-dealkylation sites (tertiary alicyclic amines) is 1. The first-order valence-electron chi connectivity index (χ1n) is 13.4. The molecule has 2 aromatic carbocycles. The minimum Gasteiger partial charge on any atom is -0.492 e. The molecule has 0 spiro atoms. The smallest absolute Gasteiger partial charge is 0.491 e. The van der Waals surface area contributed by atoms with E-state index in [0.717, 1.165) is 59.6 Å². The van der Waals surface area contributed by atoms with Crippen LogP contribution in [-0.2, 0) is 9.31 Å². The van der Waals surface area contributed by atoms with Crippen LogP contribution in [0.15, 0.2) is 60.1 Å². The number of hydrogen-bond acceptors (Lipinski definition) is 4. The Balaban J connectivity index is 1.44. The molecular formula is C30H38BFN2O3. The minimum atomic E-state index is -0.433. The molecule has 7 heteroatoms. The van der Waals surface area contributed by atoms with Gasteiger partial charge in [-0.3, -0.25) is 9.29 Å². The molecule has 1 N–H and O–H groups in total. The molecule has 196 valence electrons. The van der Waals surface area contributed by atoms with Gasteiger partial charge in [-0.15, -0.1) is 0 Å². The molecule has 37 heavy (non-hydrogen) atoms. The van der Waals surface area contributed by atoms with E-state index in [4.69, 9.17) is 14.0 Å². The summed E-state index contributed by atoms with van der Waals surface area (Å²) in [5.41, 5.74) is 4.60. The fraction of sp³-hybridized carbons (Fsp3) is 0.467. The highest BCUT2D eigenvalue weighted by atomic mass is 19.1. The van der Waals surface area contributed by atoms with E-state index in [-0.39, 0.29) is 12.6 Å². The van der Waals surface area contributed by atoms with Crippen molar-refractivity contribution in [2.24, 2.45) is 5.92 Å². The number of aromatic nitrogens is 1. The van der Waals surface area contributed by atoms with Crippen molar-refractivity contribution >= 4 is 23.6 Å². The summed E-state index contributed by atoms with van der Waals surface area (Å²) in [4.78, 5) is 5.85. The maximum absolute atomic E-state index is 12.7. The standard InChI is InChI=1S/C30H38BFN2O3/c1-6-25(31-36-29(2,3)30(4,5)37-31)28(27-17-23-9-7-8-10-26(23)33-27)22-11-13-24(14-12-22)35-16-15-34-19-21(18-32)20-34/h7-14,17,21,33H,6,15-16,18-20H2,1-5H3/b28-25+. The number of para-hydroxylation sites is 1. The van der Waals surface area contributed by atoms with Crippen LogP contribution in [0.1, 0.15) is 52.3 Å². The molecule has 3 heterocycles. The number of fused-ring (bicyclic) bond motifs is 1. The topological polar surface area (TPSA) is 46.7 Å². The summed E-state index contributed by atoms with van der Waals surface area (Å²) in [6.07, 6.45) is 0.787. The Hall–Kier alpha value is -2.61. The summed E-state index contributed by atoms with van der Waals surface area (Å²) in [5, 5.41) is 1.17. The number of benzene rings is 2. The molecule has 5 nitrogen and oxygen atoms in total. The van der Waals surface area contributed by atoms with Crippen molar-refractivity contribution < 1.29 is 18.4 Å². The Bertz CT molecular complexity index is 1210. The van der Waals surface area contributed by atoms with Crippen LogP contribution >= 0.6 is 0 Å². The van der Waals surface area contributed by atoms with Crippen molar-refractivity contribution in [1.82, 2.24) is 9.88 Å². The van der Waals surface area contributed by atoms with E-state index in [1.165, 1.54) is 5.39 Å². The maximum atomic E-state index is 12.7. The van der Waals surface area contributed by atoms with Crippen LogP contribution in [0.5, 0.6) is 5.75 Å². The lowest BCUT2D eigenvalue weighted by Gasteiger charge is -2.37. The van der Waals surface area contributed by atoms with Crippen LogP contribution in [0.2, 0.25) is 0 Å². The average molecular weight is 504 g/mol. The number of nitrogens with one attached hydrogen (secondary N) is 1. The molecule has 2 fully saturated rings. The van der Waals surface area contributed by atoms with Gasteiger partial charge in [-0.05, 0) is 69.4 Å². The number of halogens is 1.